The van der Waals surface area contributed by atoms with Gasteiger partial charge in [-0.15, -0.1) is 10.2 Å². The van der Waals surface area contributed by atoms with Crippen LogP contribution < -0.4 is 5.32 Å². The Morgan fingerprint density at radius 2 is 1.93 bits per heavy atom. The fraction of sp³-hybridized carbons (Fsp3) is 0.273. The van der Waals surface area contributed by atoms with Crippen LogP contribution in [0.5, 0.6) is 0 Å². The van der Waals surface area contributed by atoms with Crippen LogP contribution in [-0.2, 0) is 11.3 Å². The molecule has 2 aromatic carbocycles. The second kappa shape index (κ2) is 8.50. The number of nitrogens with zero attached hydrogens (tertiary/aromatic N) is 4. The van der Waals surface area contributed by atoms with E-state index in [0.717, 1.165) is 23.8 Å². The Balaban J connectivity index is 1.51. The largest absolute Gasteiger partial charge is 0.324 e. The molecule has 1 amide bonds. The molecule has 0 saturated heterocycles. The van der Waals surface area contributed by atoms with Crippen LogP contribution in [0.4, 0.5) is 5.69 Å². The van der Waals surface area contributed by atoms with Crippen molar-refractivity contribution in [3.8, 4) is 6.07 Å². The molecule has 1 saturated carbocycles. The monoisotopic (exact) mass is 403 g/mol. The summed E-state index contributed by atoms with van der Waals surface area (Å²) in [6, 6.07) is 19.3. The van der Waals surface area contributed by atoms with E-state index in [0.29, 0.717) is 23.7 Å². The van der Waals surface area contributed by atoms with E-state index < -0.39 is 0 Å². The predicted molar refractivity (Wildman–Crippen MR) is 113 cm³/mol. The molecule has 4 rings (SSSR count). The van der Waals surface area contributed by atoms with Crippen LogP contribution in [0.25, 0.3) is 0 Å². The van der Waals surface area contributed by atoms with Crippen LogP contribution in [0.3, 0.4) is 0 Å². The summed E-state index contributed by atoms with van der Waals surface area (Å²) in [5, 5.41) is 21.2. The van der Waals surface area contributed by atoms with Crippen LogP contribution in [0.15, 0.2) is 59.8 Å². The molecule has 7 heteroatoms. The third-order valence-electron chi connectivity index (χ3n) is 4.83. The highest BCUT2D eigenvalue weighted by Crippen LogP contribution is 2.40. The molecule has 146 valence electrons. The first-order valence-electron chi connectivity index (χ1n) is 9.59. The lowest BCUT2D eigenvalue weighted by Crippen LogP contribution is -2.23. The Kier molecular flexibility index (Phi) is 5.63. The normalized spacial score (nSPS) is 14.2. The molecule has 1 atom stereocenters. The maximum absolute atomic E-state index is 12.7. The van der Waals surface area contributed by atoms with E-state index in [1.54, 1.807) is 24.3 Å². The van der Waals surface area contributed by atoms with Gasteiger partial charge >= 0.3 is 0 Å². The first-order valence-corrected chi connectivity index (χ1v) is 10.5. The number of nitriles is 1. The van der Waals surface area contributed by atoms with Gasteiger partial charge in [0.05, 0.1) is 23.0 Å². The van der Waals surface area contributed by atoms with Gasteiger partial charge in [-0.2, -0.15) is 5.26 Å². The van der Waals surface area contributed by atoms with E-state index in [2.05, 4.69) is 38.3 Å². The van der Waals surface area contributed by atoms with E-state index >= 15 is 0 Å². The van der Waals surface area contributed by atoms with Crippen molar-refractivity contribution in [2.75, 3.05) is 5.32 Å². The summed E-state index contributed by atoms with van der Waals surface area (Å²) in [5.41, 5.74) is 2.15. The highest BCUT2D eigenvalue weighted by atomic mass is 32.2. The van der Waals surface area contributed by atoms with Crippen molar-refractivity contribution in [1.29, 1.82) is 5.26 Å². The smallest absolute Gasteiger partial charge is 0.237 e. The number of rotatable bonds is 7. The van der Waals surface area contributed by atoms with Gasteiger partial charge in [0.1, 0.15) is 11.9 Å². The molecule has 0 radical (unpaired) electrons. The highest BCUT2D eigenvalue weighted by Gasteiger charge is 2.31. The number of hydrogen-bond donors (Lipinski definition) is 1. The summed E-state index contributed by atoms with van der Waals surface area (Å²) in [5.74, 6) is 1.30. The summed E-state index contributed by atoms with van der Waals surface area (Å²) in [7, 11) is 0. The molecule has 1 unspecified atom stereocenters. The Morgan fingerprint density at radius 1 is 1.21 bits per heavy atom. The SMILES string of the molecule is CC(Sc1nnc(C2CC2)n1Cc1ccccc1)C(=O)Nc1ccccc1C#N. The van der Waals surface area contributed by atoms with Gasteiger partial charge in [0.15, 0.2) is 5.16 Å². The van der Waals surface area contributed by atoms with Gasteiger partial charge in [0, 0.05) is 5.92 Å². The number of para-hydroxylation sites is 1. The molecule has 0 bridgehead atoms. The van der Waals surface area contributed by atoms with Crippen LogP contribution in [0, 0.1) is 11.3 Å². The van der Waals surface area contributed by atoms with Crippen molar-refractivity contribution < 1.29 is 4.79 Å². The van der Waals surface area contributed by atoms with E-state index in [1.165, 1.54) is 17.3 Å². The Labute approximate surface area is 174 Å². The molecule has 1 heterocycles. The maximum Gasteiger partial charge on any atom is 0.237 e. The first kappa shape index (κ1) is 19.2. The molecule has 1 fully saturated rings. The highest BCUT2D eigenvalue weighted by molar-refractivity contribution is 8.00. The number of benzene rings is 2. The number of carbonyl (C=O) groups is 1. The minimum atomic E-state index is -0.382. The van der Waals surface area contributed by atoms with Crippen LogP contribution >= 0.6 is 11.8 Å². The van der Waals surface area contributed by atoms with Crippen molar-refractivity contribution >= 4 is 23.4 Å². The van der Waals surface area contributed by atoms with E-state index in [-0.39, 0.29) is 11.2 Å². The molecule has 1 aliphatic carbocycles. The third-order valence-corrected chi connectivity index (χ3v) is 5.91. The molecular weight excluding hydrogens is 382 g/mol. The van der Waals surface area contributed by atoms with Crippen molar-refractivity contribution in [1.82, 2.24) is 14.8 Å². The van der Waals surface area contributed by atoms with Crippen LogP contribution in [0.1, 0.15) is 42.6 Å². The van der Waals surface area contributed by atoms with Crippen LogP contribution in [-0.4, -0.2) is 25.9 Å². The lowest BCUT2D eigenvalue weighted by molar-refractivity contribution is -0.115. The summed E-state index contributed by atoms with van der Waals surface area (Å²) in [6.07, 6.45) is 2.27. The topological polar surface area (TPSA) is 83.6 Å². The fourth-order valence-corrected chi connectivity index (χ4v) is 3.94. The Hall–Kier alpha value is -3.11. The number of amides is 1. The summed E-state index contributed by atoms with van der Waals surface area (Å²) in [4.78, 5) is 12.7. The minimum absolute atomic E-state index is 0.167. The molecule has 1 aromatic heterocycles. The number of carbonyl (C=O) groups excluding carboxylic acids is 1. The summed E-state index contributed by atoms with van der Waals surface area (Å²) in [6.45, 7) is 2.53. The van der Waals surface area contributed by atoms with Gasteiger partial charge in [0.25, 0.3) is 0 Å². The van der Waals surface area contributed by atoms with Crippen molar-refractivity contribution in [2.45, 2.75) is 42.6 Å². The average molecular weight is 404 g/mol. The van der Waals surface area contributed by atoms with E-state index in [9.17, 15) is 10.1 Å². The Bertz CT molecular complexity index is 1050. The molecule has 6 nitrogen and oxygen atoms in total. The number of thioether (sulfide) groups is 1. The average Bonchev–Trinajstić information content (AvgIpc) is 3.52. The predicted octanol–water partition coefficient (Wildman–Crippen LogP) is 4.19. The fourth-order valence-electron chi connectivity index (χ4n) is 3.08. The van der Waals surface area contributed by atoms with Gasteiger partial charge in [0.2, 0.25) is 5.91 Å². The number of nitrogens with one attached hydrogen (secondary N) is 1. The number of aromatic nitrogens is 3. The minimum Gasteiger partial charge on any atom is -0.324 e. The van der Waals surface area contributed by atoms with Gasteiger partial charge < -0.3 is 9.88 Å². The molecule has 0 spiro atoms. The van der Waals surface area contributed by atoms with Gasteiger partial charge in [-0.1, -0.05) is 54.2 Å². The first-order chi connectivity index (χ1) is 14.2. The van der Waals surface area contributed by atoms with Crippen molar-refractivity contribution in [2.24, 2.45) is 0 Å². The zero-order chi connectivity index (χ0) is 20.2. The lowest BCUT2D eigenvalue weighted by atomic mass is 10.2. The zero-order valence-electron chi connectivity index (χ0n) is 16.1. The number of hydrogen-bond acceptors (Lipinski definition) is 5. The second-order valence-electron chi connectivity index (χ2n) is 7.09. The lowest BCUT2D eigenvalue weighted by Gasteiger charge is -2.14. The van der Waals surface area contributed by atoms with E-state index in [1.807, 2.05) is 25.1 Å². The second-order valence-corrected chi connectivity index (χ2v) is 8.40. The van der Waals surface area contributed by atoms with E-state index in [4.69, 9.17) is 0 Å². The molecular formula is C22H21N5OS. The van der Waals surface area contributed by atoms with Gasteiger partial charge in [-0.3, -0.25) is 4.79 Å². The third kappa shape index (κ3) is 4.49. The van der Waals surface area contributed by atoms with Gasteiger partial charge in [-0.05, 0) is 37.5 Å². The van der Waals surface area contributed by atoms with Crippen LogP contribution in [0.2, 0.25) is 0 Å². The Morgan fingerprint density at radius 3 is 2.66 bits per heavy atom. The summed E-state index contributed by atoms with van der Waals surface area (Å²) >= 11 is 1.39. The van der Waals surface area contributed by atoms with Crippen molar-refractivity contribution in [3.05, 3.63) is 71.5 Å². The number of anilines is 1. The van der Waals surface area contributed by atoms with Gasteiger partial charge in [-0.25, -0.2) is 0 Å². The quantitative estimate of drug-likeness (QED) is 0.598. The maximum atomic E-state index is 12.7. The molecule has 1 aliphatic rings. The molecule has 1 N–H and O–H groups in total. The molecule has 0 aliphatic heterocycles. The molecule has 29 heavy (non-hydrogen) atoms. The van der Waals surface area contributed by atoms with Crippen molar-refractivity contribution in [3.63, 3.8) is 0 Å². The standard InChI is InChI=1S/C22H21N5OS/c1-15(21(28)24-19-10-6-5-9-18(19)13-23)29-22-26-25-20(17-11-12-17)27(22)14-16-7-3-2-4-8-16/h2-10,15,17H,11-12,14H2,1H3,(H,24,28). The summed E-state index contributed by atoms with van der Waals surface area (Å²) < 4.78 is 2.13. The molecule has 3 aromatic rings. The zero-order valence-corrected chi connectivity index (χ0v) is 16.9.